The largest absolute Gasteiger partial charge is 0.496 e. The van der Waals surface area contributed by atoms with E-state index in [-0.39, 0.29) is 19.1 Å². The molecule has 6 nitrogen and oxygen atoms in total. The van der Waals surface area contributed by atoms with Gasteiger partial charge in [-0.1, -0.05) is 29.3 Å². The van der Waals surface area contributed by atoms with Crippen LogP contribution in [0.25, 0.3) is 0 Å². The van der Waals surface area contributed by atoms with Crippen molar-refractivity contribution in [1.82, 2.24) is 9.78 Å². The summed E-state index contributed by atoms with van der Waals surface area (Å²) in [5, 5.41) is 8.11. The van der Waals surface area contributed by atoms with Gasteiger partial charge in [-0.05, 0) is 61.5 Å². The molecule has 0 bridgehead atoms. The highest BCUT2D eigenvalue weighted by atomic mass is 35.5. The smallest absolute Gasteiger partial charge is 0.256 e. The first-order valence-electron chi connectivity index (χ1n) is 10.7. The molecule has 0 aliphatic carbocycles. The minimum Gasteiger partial charge on any atom is -0.496 e. The molecule has 9 heteroatoms. The molecule has 0 aliphatic rings. The lowest BCUT2D eigenvalue weighted by atomic mass is 10.1. The summed E-state index contributed by atoms with van der Waals surface area (Å²) in [6, 6.07) is 18.3. The Balaban J connectivity index is 1.48. The maximum atomic E-state index is 14.2. The zero-order valence-electron chi connectivity index (χ0n) is 19.0. The van der Waals surface area contributed by atoms with Crippen molar-refractivity contribution < 1.29 is 18.7 Å². The van der Waals surface area contributed by atoms with Gasteiger partial charge in [-0.3, -0.25) is 9.48 Å². The summed E-state index contributed by atoms with van der Waals surface area (Å²) in [5.74, 6) is 0.813. The number of methoxy groups -OCH3 is 1. The van der Waals surface area contributed by atoms with Gasteiger partial charge in [-0.15, -0.1) is 0 Å². The molecule has 1 heterocycles. The lowest BCUT2D eigenvalue weighted by Crippen LogP contribution is -2.14. The number of nitrogens with one attached hydrogen (secondary N) is 1. The summed E-state index contributed by atoms with van der Waals surface area (Å²) >= 11 is 12.1. The van der Waals surface area contributed by atoms with E-state index in [1.54, 1.807) is 72.5 Å². The van der Waals surface area contributed by atoms with Gasteiger partial charge in [0.05, 0.1) is 13.7 Å². The molecule has 4 rings (SSSR count). The first-order chi connectivity index (χ1) is 16.8. The van der Waals surface area contributed by atoms with Crippen LogP contribution in [0.3, 0.4) is 0 Å². The van der Waals surface area contributed by atoms with Crippen LogP contribution in [0.15, 0.2) is 66.7 Å². The molecule has 0 spiro atoms. The standard InChI is InChI=1S/C26H22Cl2FN3O3/c1-16-12-25(31-32(16)14-21-22(28)4-3-5-23(21)29)30-26(33)17-6-11-24(34-2)18(13-17)15-35-20-9-7-19(27)8-10-20/h3-13H,14-15H2,1-2H3,(H,30,31,33). The Hall–Kier alpha value is -3.55. The van der Waals surface area contributed by atoms with E-state index in [2.05, 4.69) is 10.4 Å². The predicted molar refractivity (Wildman–Crippen MR) is 134 cm³/mol. The third-order valence-corrected chi connectivity index (χ3v) is 5.95. The second-order valence-electron chi connectivity index (χ2n) is 7.75. The highest BCUT2D eigenvalue weighted by molar-refractivity contribution is 6.31. The molecule has 0 atom stereocenters. The maximum absolute atomic E-state index is 14.2. The average molecular weight is 514 g/mol. The molecule has 35 heavy (non-hydrogen) atoms. The summed E-state index contributed by atoms with van der Waals surface area (Å²) in [5.41, 5.74) is 2.18. The number of amides is 1. The van der Waals surface area contributed by atoms with E-state index in [9.17, 15) is 9.18 Å². The van der Waals surface area contributed by atoms with E-state index in [0.29, 0.717) is 44.1 Å². The number of benzene rings is 3. The molecule has 4 aromatic rings. The minimum atomic E-state index is -0.412. The number of aryl methyl sites for hydroxylation is 1. The van der Waals surface area contributed by atoms with Gasteiger partial charge in [0.25, 0.3) is 5.91 Å². The van der Waals surface area contributed by atoms with Crippen molar-refractivity contribution in [1.29, 1.82) is 0 Å². The van der Waals surface area contributed by atoms with Crippen LogP contribution < -0.4 is 14.8 Å². The molecule has 0 aliphatic heterocycles. The number of hydrogen-bond donors (Lipinski definition) is 1. The summed E-state index contributed by atoms with van der Waals surface area (Å²) < 4.78 is 27.0. The Kier molecular flexibility index (Phi) is 7.58. The monoisotopic (exact) mass is 513 g/mol. The summed E-state index contributed by atoms with van der Waals surface area (Å²) in [7, 11) is 1.55. The van der Waals surface area contributed by atoms with Gasteiger partial charge in [0.2, 0.25) is 0 Å². The van der Waals surface area contributed by atoms with Crippen LogP contribution in [0.5, 0.6) is 11.5 Å². The molecular formula is C26H22Cl2FN3O3. The van der Waals surface area contributed by atoms with E-state index >= 15 is 0 Å². The van der Waals surface area contributed by atoms with Gasteiger partial charge in [0, 0.05) is 38.5 Å². The first-order valence-corrected chi connectivity index (χ1v) is 11.4. The number of hydrogen-bond acceptors (Lipinski definition) is 4. The van der Waals surface area contributed by atoms with Crippen molar-refractivity contribution in [2.24, 2.45) is 0 Å². The number of ether oxygens (including phenoxy) is 2. The second kappa shape index (κ2) is 10.8. The van der Waals surface area contributed by atoms with Gasteiger partial charge in [-0.2, -0.15) is 5.10 Å². The number of carbonyl (C=O) groups excluding carboxylic acids is 1. The molecule has 1 aromatic heterocycles. The van der Waals surface area contributed by atoms with Gasteiger partial charge < -0.3 is 14.8 Å². The number of aromatic nitrogens is 2. The third-order valence-electron chi connectivity index (χ3n) is 5.34. The molecule has 180 valence electrons. The fraction of sp³-hybridized carbons (Fsp3) is 0.154. The van der Waals surface area contributed by atoms with Gasteiger partial charge in [0.15, 0.2) is 5.82 Å². The van der Waals surface area contributed by atoms with Crippen molar-refractivity contribution in [2.75, 3.05) is 12.4 Å². The molecule has 1 amide bonds. The number of nitrogens with zero attached hydrogens (tertiary/aromatic N) is 2. The maximum Gasteiger partial charge on any atom is 0.256 e. The second-order valence-corrected chi connectivity index (χ2v) is 8.60. The van der Waals surface area contributed by atoms with E-state index in [1.807, 2.05) is 6.92 Å². The predicted octanol–water partition coefficient (Wildman–Crippen LogP) is 6.53. The van der Waals surface area contributed by atoms with Crippen LogP contribution in [0.1, 0.15) is 27.2 Å². The highest BCUT2D eigenvalue weighted by Crippen LogP contribution is 2.25. The lowest BCUT2D eigenvalue weighted by molar-refractivity contribution is 0.102. The fourth-order valence-electron chi connectivity index (χ4n) is 3.48. The normalized spacial score (nSPS) is 10.8. The lowest BCUT2D eigenvalue weighted by Gasteiger charge is -2.12. The Morgan fingerprint density at radius 3 is 2.57 bits per heavy atom. The van der Waals surface area contributed by atoms with Crippen molar-refractivity contribution in [3.63, 3.8) is 0 Å². The van der Waals surface area contributed by atoms with Crippen molar-refractivity contribution >= 4 is 34.9 Å². The minimum absolute atomic E-state index is 0.141. The van der Waals surface area contributed by atoms with Gasteiger partial charge in [0.1, 0.15) is 23.9 Å². The average Bonchev–Trinajstić information content (AvgIpc) is 3.19. The van der Waals surface area contributed by atoms with Gasteiger partial charge in [-0.25, -0.2) is 4.39 Å². The van der Waals surface area contributed by atoms with Crippen LogP contribution in [-0.4, -0.2) is 22.8 Å². The topological polar surface area (TPSA) is 65.4 Å². The Bertz CT molecular complexity index is 1340. The molecule has 0 radical (unpaired) electrons. The molecule has 3 aromatic carbocycles. The van der Waals surface area contributed by atoms with Crippen LogP contribution in [-0.2, 0) is 13.2 Å². The summed E-state index contributed by atoms with van der Waals surface area (Å²) in [4.78, 5) is 12.9. The van der Waals surface area contributed by atoms with Crippen molar-refractivity contribution in [2.45, 2.75) is 20.1 Å². The summed E-state index contributed by atoms with van der Waals surface area (Å²) in [6.07, 6.45) is 0. The number of halogens is 3. The zero-order chi connectivity index (χ0) is 24.9. The van der Waals surface area contributed by atoms with Crippen LogP contribution in [0.2, 0.25) is 10.0 Å². The van der Waals surface area contributed by atoms with E-state index < -0.39 is 5.82 Å². The van der Waals surface area contributed by atoms with Crippen molar-refractivity contribution in [3.05, 3.63) is 105 Å². The quantitative estimate of drug-likeness (QED) is 0.291. The number of carbonyl (C=O) groups is 1. The molecule has 0 saturated heterocycles. The van der Waals surface area contributed by atoms with E-state index in [4.69, 9.17) is 32.7 Å². The van der Waals surface area contributed by atoms with Crippen molar-refractivity contribution in [3.8, 4) is 11.5 Å². The highest BCUT2D eigenvalue weighted by Gasteiger charge is 2.15. The van der Waals surface area contributed by atoms with Gasteiger partial charge >= 0.3 is 0 Å². The first kappa shape index (κ1) is 24.6. The number of anilines is 1. The van der Waals surface area contributed by atoms with E-state index in [0.717, 1.165) is 5.69 Å². The molecule has 1 N–H and O–H groups in total. The third kappa shape index (κ3) is 5.93. The summed E-state index contributed by atoms with van der Waals surface area (Å²) in [6.45, 7) is 2.15. The van der Waals surface area contributed by atoms with Crippen LogP contribution in [0.4, 0.5) is 10.2 Å². The molecule has 0 saturated carbocycles. The fourth-order valence-corrected chi connectivity index (χ4v) is 3.83. The van der Waals surface area contributed by atoms with E-state index in [1.165, 1.54) is 6.07 Å². The SMILES string of the molecule is COc1ccc(C(=O)Nc2cc(C)n(Cc3c(F)cccc3Cl)n2)cc1COc1ccc(Cl)cc1. The van der Waals surface area contributed by atoms with Crippen LogP contribution >= 0.6 is 23.2 Å². The van der Waals surface area contributed by atoms with Crippen LogP contribution in [0, 0.1) is 12.7 Å². The molecule has 0 unspecified atom stereocenters. The number of rotatable bonds is 8. The Morgan fingerprint density at radius 1 is 1.09 bits per heavy atom. The Labute approximate surface area is 212 Å². The molecule has 0 fully saturated rings. The zero-order valence-corrected chi connectivity index (χ0v) is 20.5. The molecular weight excluding hydrogens is 492 g/mol. The Morgan fingerprint density at radius 2 is 1.86 bits per heavy atom.